The Labute approximate surface area is 157 Å². The largest absolute Gasteiger partial charge is 0.481 e. The highest BCUT2D eigenvalue weighted by Crippen LogP contribution is 2.31. The quantitative estimate of drug-likeness (QED) is 0.608. The normalized spacial score (nSPS) is 10.4. The standard InChI is InChI=1S/C21H18ClNO3/c1-25-20-19(17-4-3-5-18(22)12-17)11-15(13-23-20)10-14-6-8-16(9-7-14)21(24)26-2/h3-9,11-13H,10H2,1-2H3. The van der Waals surface area contributed by atoms with E-state index in [1.54, 1.807) is 25.4 Å². The second kappa shape index (κ2) is 8.02. The number of halogens is 1. The summed E-state index contributed by atoms with van der Waals surface area (Å²) in [6.45, 7) is 0. The SMILES string of the molecule is COC(=O)c1ccc(Cc2cnc(OC)c(-c3cccc(Cl)c3)c2)cc1. The van der Waals surface area contributed by atoms with Crippen molar-refractivity contribution in [1.82, 2.24) is 4.98 Å². The number of hydrogen-bond acceptors (Lipinski definition) is 4. The van der Waals surface area contributed by atoms with Crippen molar-refractivity contribution in [3.8, 4) is 17.0 Å². The van der Waals surface area contributed by atoms with Crippen molar-refractivity contribution in [2.45, 2.75) is 6.42 Å². The zero-order valence-electron chi connectivity index (χ0n) is 14.5. The van der Waals surface area contributed by atoms with Crippen LogP contribution in [0.5, 0.6) is 5.88 Å². The molecule has 132 valence electrons. The Morgan fingerprint density at radius 3 is 2.46 bits per heavy atom. The maximum absolute atomic E-state index is 11.5. The summed E-state index contributed by atoms with van der Waals surface area (Å²) >= 11 is 6.11. The molecule has 2 aromatic carbocycles. The zero-order chi connectivity index (χ0) is 18.5. The predicted octanol–water partition coefficient (Wildman–Crippen LogP) is 4.79. The predicted molar refractivity (Wildman–Crippen MR) is 102 cm³/mol. The van der Waals surface area contributed by atoms with Gasteiger partial charge in [-0.1, -0.05) is 35.9 Å². The molecule has 26 heavy (non-hydrogen) atoms. The first-order valence-corrected chi connectivity index (χ1v) is 8.44. The molecule has 3 aromatic rings. The number of hydrogen-bond donors (Lipinski definition) is 0. The van der Waals surface area contributed by atoms with Gasteiger partial charge in [0.05, 0.1) is 19.8 Å². The van der Waals surface area contributed by atoms with E-state index in [-0.39, 0.29) is 5.97 Å². The first-order chi connectivity index (χ1) is 12.6. The van der Waals surface area contributed by atoms with E-state index in [1.807, 2.05) is 42.5 Å². The molecule has 0 saturated carbocycles. The van der Waals surface area contributed by atoms with Crippen LogP contribution in [-0.2, 0) is 11.2 Å². The molecule has 0 unspecified atom stereocenters. The number of methoxy groups -OCH3 is 2. The topological polar surface area (TPSA) is 48.4 Å². The van der Waals surface area contributed by atoms with Gasteiger partial charge in [-0.15, -0.1) is 0 Å². The molecule has 4 nitrogen and oxygen atoms in total. The Morgan fingerprint density at radius 1 is 1.04 bits per heavy atom. The molecule has 5 heteroatoms. The van der Waals surface area contributed by atoms with Gasteiger partial charge < -0.3 is 9.47 Å². The smallest absolute Gasteiger partial charge is 0.337 e. The van der Waals surface area contributed by atoms with Crippen LogP contribution < -0.4 is 4.74 Å². The molecule has 0 spiro atoms. The molecule has 0 atom stereocenters. The molecule has 1 heterocycles. The molecular weight excluding hydrogens is 350 g/mol. The van der Waals surface area contributed by atoms with E-state index in [1.165, 1.54) is 7.11 Å². The molecule has 0 aliphatic carbocycles. The minimum atomic E-state index is -0.342. The number of pyridine rings is 1. The molecule has 0 aliphatic heterocycles. The van der Waals surface area contributed by atoms with Gasteiger partial charge in [0.2, 0.25) is 5.88 Å². The number of benzene rings is 2. The summed E-state index contributed by atoms with van der Waals surface area (Å²) in [6.07, 6.45) is 2.48. The first-order valence-electron chi connectivity index (χ1n) is 8.07. The van der Waals surface area contributed by atoms with E-state index in [4.69, 9.17) is 21.1 Å². The lowest BCUT2D eigenvalue weighted by atomic mass is 10.0. The van der Waals surface area contributed by atoms with Crippen molar-refractivity contribution in [3.05, 3.63) is 82.5 Å². The number of carbonyl (C=O) groups is 1. The third-order valence-electron chi connectivity index (χ3n) is 4.02. The Balaban J connectivity index is 1.89. The second-order valence-corrected chi connectivity index (χ2v) is 6.21. The van der Waals surface area contributed by atoms with Crippen molar-refractivity contribution in [2.24, 2.45) is 0 Å². The van der Waals surface area contributed by atoms with Gasteiger partial charge >= 0.3 is 5.97 Å². The lowest BCUT2D eigenvalue weighted by Gasteiger charge is -2.11. The first kappa shape index (κ1) is 18.0. The third-order valence-corrected chi connectivity index (χ3v) is 4.26. The number of rotatable bonds is 5. The summed E-state index contributed by atoms with van der Waals surface area (Å²) < 4.78 is 10.1. The van der Waals surface area contributed by atoms with Gasteiger partial charge in [0.15, 0.2) is 0 Å². The highest BCUT2D eigenvalue weighted by atomic mass is 35.5. The summed E-state index contributed by atoms with van der Waals surface area (Å²) in [5, 5.41) is 0.661. The second-order valence-electron chi connectivity index (χ2n) is 5.78. The average Bonchev–Trinajstić information content (AvgIpc) is 2.68. The maximum Gasteiger partial charge on any atom is 0.337 e. The average molecular weight is 368 g/mol. The van der Waals surface area contributed by atoms with Crippen LogP contribution in [0.25, 0.3) is 11.1 Å². The number of aromatic nitrogens is 1. The molecule has 0 radical (unpaired) electrons. The number of esters is 1. The van der Waals surface area contributed by atoms with E-state index in [2.05, 4.69) is 4.98 Å². The molecule has 1 aromatic heterocycles. The summed E-state index contributed by atoms with van der Waals surface area (Å²) in [5.41, 5.74) is 4.47. The summed E-state index contributed by atoms with van der Waals surface area (Å²) in [4.78, 5) is 15.9. The van der Waals surface area contributed by atoms with Crippen LogP contribution in [0.15, 0.2) is 60.8 Å². The van der Waals surface area contributed by atoms with Crippen LogP contribution >= 0.6 is 11.6 Å². The summed E-state index contributed by atoms with van der Waals surface area (Å²) in [5.74, 6) is 0.211. The lowest BCUT2D eigenvalue weighted by molar-refractivity contribution is 0.0600. The third kappa shape index (κ3) is 4.03. The van der Waals surface area contributed by atoms with E-state index in [0.717, 1.165) is 22.3 Å². The summed E-state index contributed by atoms with van der Waals surface area (Å²) in [7, 11) is 2.97. The number of nitrogens with zero attached hydrogens (tertiary/aromatic N) is 1. The molecule has 0 amide bonds. The van der Waals surface area contributed by atoms with Gasteiger partial charge in [0, 0.05) is 16.8 Å². The van der Waals surface area contributed by atoms with Crippen LogP contribution in [-0.4, -0.2) is 25.2 Å². The minimum Gasteiger partial charge on any atom is -0.481 e. The molecule has 3 rings (SSSR count). The van der Waals surface area contributed by atoms with Crippen molar-refractivity contribution in [3.63, 3.8) is 0 Å². The molecule has 0 aliphatic rings. The number of carbonyl (C=O) groups excluding carboxylic acids is 1. The van der Waals surface area contributed by atoms with Crippen LogP contribution in [0.1, 0.15) is 21.5 Å². The van der Waals surface area contributed by atoms with Crippen LogP contribution in [0.4, 0.5) is 0 Å². The molecule has 0 saturated heterocycles. The Morgan fingerprint density at radius 2 is 1.81 bits per heavy atom. The fourth-order valence-electron chi connectivity index (χ4n) is 2.73. The van der Waals surface area contributed by atoms with Gasteiger partial charge in [-0.25, -0.2) is 9.78 Å². The fraction of sp³-hybridized carbons (Fsp3) is 0.143. The fourth-order valence-corrected chi connectivity index (χ4v) is 2.92. The maximum atomic E-state index is 11.5. The van der Waals surface area contributed by atoms with Crippen LogP contribution in [0, 0.1) is 0 Å². The van der Waals surface area contributed by atoms with Gasteiger partial charge in [-0.2, -0.15) is 0 Å². The van der Waals surface area contributed by atoms with Gasteiger partial charge in [-0.3, -0.25) is 0 Å². The molecule has 0 N–H and O–H groups in total. The summed E-state index contributed by atoms with van der Waals surface area (Å²) in [6, 6.07) is 17.0. The van der Waals surface area contributed by atoms with Crippen LogP contribution in [0.3, 0.4) is 0 Å². The van der Waals surface area contributed by atoms with E-state index in [9.17, 15) is 4.79 Å². The van der Waals surface area contributed by atoms with Gasteiger partial charge in [0.1, 0.15) is 0 Å². The van der Waals surface area contributed by atoms with Crippen molar-refractivity contribution >= 4 is 17.6 Å². The molecule has 0 bridgehead atoms. The van der Waals surface area contributed by atoms with Crippen molar-refractivity contribution < 1.29 is 14.3 Å². The van der Waals surface area contributed by atoms with Crippen molar-refractivity contribution in [1.29, 1.82) is 0 Å². The zero-order valence-corrected chi connectivity index (χ0v) is 15.3. The van der Waals surface area contributed by atoms with Gasteiger partial charge in [0.25, 0.3) is 0 Å². The minimum absolute atomic E-state index is 0.342. The Bertz CT molecular complexity index is 923. The number of ether oxygens (including phenoxy) is 2. The van der Waals surface area contributed by atoms with E-state index < -0.39 is 0 Å². The highest BCUT2D eigenvalue weighted by Gasteiger charge is 2.10. The van der Waals surface area contributed by atoms with Crippen LogP contribution in [0.2, 0.25) is 5.02 Å². The monoisotopic (exact) mass is 367 g/mol. The lowest BCUT2D eigenvalue weighted by Crippen LogP contribution is -2.01. The van der Waals surface area contributed by atoms with E-state index >= 15 is 0 Å². The highest BCUT2D eigenvalue weighted by molar-refractivity contribution is 6.30. The van der Waals surface area contributed by atoms with E-state index in [0.29, 0.717) is 22.9 Å². The Hall–Kier alpha value is -2.85. The van der Waals surface area contributed by atoms with Gasteiger partial charge in [-0.05, 0) is 53.4 Å². The molecule has 0 fully saturated rings. The van der Waals surface area contributed by atoms with Crippen molar-refractivity contribution in [2.75, 3.05) is 14.2 Å². The molecular formula is C21H18ClNO3. The Kier molecular flexibility index (Phi) is 5.54.